The monoisotopic (exact) mass is 411 g/mol. The Morgan fingerprint density at radius 2 is 1.97 bits per heavy atom. The number of hydrogen-bond acceptors (Lipinski definition) is 5. The number of thiophene rings is 1. The zero-order valence-corrected chi connectivity index (χ0v) is 17.4. The van der Waals surface area contributed by atoms with Gasteiger partial charge in [0, 0.05) is 19.2 Å². The third-order valence-electron chi connectivity index (χ3n) is 4.34. The summed E-state index contributed by atoms with van der Waals surface area (Å²) in [5, 5.41) is 8.56. The maximum Gasteiger partial charge on any atom is 0.273 e. The first-order chi connectivity index (χ1) is 14.0. The van der Waals surface area contributed by atoms with Gasteiger partial charge in [-0.2, -0.15) is 0 Å². The zero-order chi connectivity index (χ0) is 20.6. The first kappa shape index (κ1) is 20.8. The van der Waals surface area contributed by atoms with Gasteiger partial charge in [0.05, 0.1) is 11.4 Å². The summed E-state index contributed by atoms with van der Waals surface area (Å²) >= 11 is 1.41. The average Bonchev–Trinajstić information content (AvgIpc) is 3.41. The molecule has 0 aliphatic heterocycles. The van der Waals surface area contributed by atoms with Crippen molar-refractivity contribution in [3.8, 4) is 0 Å². The van der Waals surface area contributed by atoms with Crippen LogP contribution in [0.5, 0.6) is 0 Å². The van der Waals surface area contributed by atoms with Gasteiger partial charge in [0.2, 0.25) is 0 Å². The minimum absolute atomic E-state index is 0.0573. The topological polar surface area (TPSA) is 75.4 Å². The fourth-order valence-electron chi connectivity index (χ4n) is 2.79. The Kier molecular flexibility index (Phi) is 7.19. The quantitative estimate of drug-likeness (QED) is 0.577. The van der Waals surface area contributed by atoms with E-state index in [9.17, 15) is 9.59 Å². The molecular weight excluding hydrogens is 386 g/mol. The van der Waals surface area contributed by atoms with Crippen molar-refractivity contribution in [2.24, 2.45) is 5.92 Å². The van der Waals surface area contributed by atoms with E-state index in [2.05, 4.69) is 10.5 Å². The third-order valence-corrected chi connectivity index (χ3v) is 5.20. The predicted octanol–water partition coefficient (Wildman–Crippen LogP) is 4.01. The molecule has 2 aromatic heterocycles. The van der Waals surface area contributed by atoms with Crippen molar-refractivity contribution in [2.75, 3.05) is 13.1 Å². The van der Waals surface area contributed by atoms with Crippen molar-refractivity contribution in [2.45, 2.75) is 26.8 Å². The van der Waals surface area contributed by atoms with E-state index in [1.165, 1.54) is 11.3 Å². The highest BCUT2D eigenvalue weighted by molar-refractivity contribution is 7.12. The lowest BCUT2D eigenvalue weighted by Gasteiger charge is -2.20. The molecule has 1 N–H and O–H groups in total. The highest BCUT2D eigenvalue weighted by Gasteiger charge is 2.20. The summed E-state index contributed by atoms with van der Waals surface area (Å²) in [7, 11) is 0. The van der Waals surface area contributed by atoms with Gasteiger partial charge in [-0.3, -0.25) is 9.59 Å². The molecule has 0 radical (unpaired) electrons. The summed E-state index contributed by atoms with van der Waals surface area (Å²) in [6, 6.07) is 15.3. The normalized spacial score (nSPS) is 10.9. The van der Waals surface area contributed by atoms with E-state index >= 15 is 0 Å². The van der Waals surface area contributed by atoms with Crippen LogP contribution >= 0.6 is 11.3 Å². The van der Waals surface area contributed by atoms with Crippen molar-refractivity contribution < 1.29 is 14.1 Å². The fraction of sp³-hybridized carbons (Fsp3) is 0.318. The van der Waals surface area contributed by atoms with E-state index in [4.69, 9.17) is 4.52 Å². The highest BCUT2D eigenvalue weighted by atomic mass is 32.1. The lowest BCUT2D eigenvalue weighted by atomic mass is 10.1. The van der Waals surface area contributed by atoms with Crippen molar-refractivity contribution >= 4 is 23.2 Å². The van der Waals surface area contributed by atoms with Crippen LogP contribution in [0.2, 0.25) is 0 Å². The molecule has 152 valence electrons. The molecule has 0 fully saturated rings. The number of rotatable bonds is 9. The summed E-state index contributed by atoms with van der Waals surface area (Å²) in [5.74, 6) is 0.507. The predicted molar refractivity (Wildman–Crippen MR) is 113 cm³/mol. The molecule has 0 spiro atoms. The van der Waals surface area contributed by atoms with E-state index in [1.807, 2.05) is 61.7 Å². The van der Waals surface area contributed by atoms with E-state index < -0.39 is 0 Å². The summed E-state index contributed by atoms with van der Waals surface area (Å²) in [4.78, 5) is 27.5. The summed E-state index contributed by atoms with van der Waals surface area (Å²) in [6.07, 6.45) is 0.730. The molecule has 0 aliphatic rings. The second-order valence-electron chi connectivity index (χ2n) is 7.22. The maximum absolute atomic E-state index is 12.9. The number of nitrogens with zero attached hydrogens (tertiary/aromatic N) is 2. The van der Waals surface area contributed by atoms with Crippen molar-refractivity contribution in [1.29, 1.82) is 0 Å². The number of aromatic nitrogens is 1. The largest absolute Gasteiger partial charge is 0.359 e. The number of hydrogen-bond donors (Lipinski definition) is 1. The van der Waals surface area contributed by atoms with Gasteiger partial charge in [0.25, 0.3) is 11.8 Å². The molecule has 2 heterocycles. The van der Waals surface area contributed by atoms with E-state index in [-0.39, 0.29) is 24.1 Å². The molecule has 3 aromatic rings. The minimum Gasteiger partial charge on any atom is -0.359 e. The highest BCUT2D eigenvalue weighted by Crippen LogP contribution is 2.16. The molecule has 0 saturated carbocycles. The third kappa shape index (κ3) is 6.02. The molecule has 6 nitrogen and oxygen atoms in total. The van der Waals surface area contributed by atoms with Crippen LogP contribution in [-0.4, -0.2) is 35.0 Å². The van der Waals surface area contributed by atoms with E-state index in [0.717, 1.165) is 12.0 Å². The fourth-order valence-corrected chi connectivity index (χ4v) is 3.48. The number of carbonyl (C=O) groups is 2. The van der Waals surface area contributed by atoms with Crippen molar-refractivity contribution in [3.05, 3.63) is 75.8 Å². The van der Waals surface area contributed by atoms with Crippen molar-refractivity contribution in [3.63, 3.8) is 0 Å². The summed E-state index contributed by atoms with van der Waals surface area (Å²) in [5.41, 5.74) is 1.38. The van der Waals surface area contributed by atoms with Crippen LogP contribution in [0.4, 0.5) is 0 Å². The SMILES string of the molecule is CC(C)CNC(=O)c1cc(CN(CCc2ccccc2)C(=O)c2cccs2)on1. The van der Waals surface area contributed by atoms with Crippen LogP contribution in [-0.2, 0) is 13.0 Å². The van der Waals surface area contributed by atoms with Gasteiger partial charge in [-0.15, -0.1) is 11.3 Å². The van der Waals surface area contributed by atoms with Gasteiger partial charge in [0.1, 0.15) is 0 Å². The Hall–Kier alpha value is -2.93. The van der Waals surface area contributed by atoms with Crippen LogP contribution in [0, 0.1) is 5.92 Å². The number of amides is 2. The molecule has 7 heteroatoms. The Bertz CT molecular complexity index is 920. The summed E-state index contributed by atoms with van der Waals surface area (Å²) in [6.45, 7) is 5.41. The summed E-state index contributed by atoms with van der Waals surface area (Å²) < 4.78 is 5.34. The second kappa shape index (κ2) is 10.0. The van der Waals surface area contributed by atoms with E-state index in [0.29, 0.717) is 29.6 Å². The average molecular weight is 412 g/mol. The van der Waals surface area contributed by atoms with E-state index in [1.54, 1.807) is 11.0 Å². The van der Waals surface area contributed by atoms with Crippen molar-refractivity contribution in [1.82, 2.24) is 15.4 Å². The number of nitrogens with one attached hydrogen (secondary N) is 1. The Morgan fingerprint density at radius 1 is 1.17 bits per heavy atom. The molecule has 0 unspecified atom stereocenters. The van der Waals surface area contributed by atoms with Gasteiger partial charge in [-0.05, 0) is 29.3 Å². The molecule has 29 heavy (non-hydrogen) atoms. The Labute approximate surface area is 174 Å². The molecule has 0 saturated heterocycles. The molecule has 3 rings (SSSR count). The van der Waals surface area contributed by atoms with Crippen LogP contribution in [0.1, 0.15) is 45.3 Å². The second-order valence-corrected chi connectivity index (χ2v) is 8.17. The first-order valence-electron chi connectivity index (χ1n) is 9.63. The van der Waals surface area contributed by atoms with Crippen LogP contribution in [0.25, 0.3) is 0 Å². The maximum atomic E-state index is 12.9. The van der Waals surface area contributed by atoms with Gasteiger partial charge >= 0.3 is 0 Å². The molecular formula is C22H25N3O3S. The Morgan fingerprint density at radius 3 is 2.66 bits per heavy atom. The number of benzene rings is 1. The van der Waals surface area contributed by atoms with Crippen LogP contribution in [0.3, 0.4) is 0 Å². The lowest BCUT2D eigenvalue weighted by molar-refractivity contribution is 0.0734. The van der Waals surface area contributed by atoms with Gasteiger partial charge in [-0.1, -0.05) is 55.4 Å². The van der Waals surface area contributed by atoms with Gasteiger partial charge in [0.15, 0.2) is 11.5 Å². The lowest BCUT2D eigenvalue weighted by Crippen LogP contribution is -2.32. The molecule has 0 bridgehead atoms. The molecule has 2 amide bonds. The molecule has 0 atom stereocenters. The zero-order valence-electron chi connectivity index (χ0n) is 16.6. The first-order valence-corrected chi connectivity index (χ1v) is 10.5. The van der Waals surface area contributed by atoms with Crippen LogP contribution in [0.15, 0.2) is 58.4 Å². The number of carbonyl (C=O) groups excluding carboxylic acids is 2. The van der Waals surface area contributed by atoms with Gasteiger partial charge < -0.3 is 14.7 Å². The Balaban J connectivity index is 1.69. The van der Waals surface area contributed by atoms with Gasteiger partial charge in [-0.25, -0.2) is 0 Å². The van der Waals surface area contributed by atoms with Crippen LogP contribution < -0.4 is 5.32 Å². The smallest absolute Gasteiger partial charge is 0.273 e. The minimum atomic E-state index is -0.269. The standard InChI is InChI=1S/C22H25N3O3S/c1-16(2)14-23-21(26)19-13-18(28-24-19)15-25(22(27)20-9-6-12-29-20)11-10-17-7-4-3-5-8-17/h3-9,12-13,16H,10-11,14-15H2,1-2H3,(H,23,26). The molecule has 0 aliphatic carbocycles. The molecule has 1 aromatic carbocycles.